The third-order valence-corrected chi connectivity index (χ3v) is 4.61. The summed E-state index contributed by atoms with van der Waals surface area (Å²) in [6.45, 7) is 3.95. The van der Waals surface area contributed by atoms with E-state index in [0.717, 1.165) is 16.6 Å². The highest BCUT2D eigenvalue weighted by Crippen LogP contribution is 2.27. The Morgan fingerprint density at radius 3 is 2.66 bits per heavy atom. The van der Waals surface area contributed by atoms with Crippen LogP contribution in [0.15, 0.2) is 77.2 Å². The molecule has 1 amide bonds. The van der Waals surface area contributed by atoms with Gasteiger partial charge in [0, 0.05) is 17.3 Å². The van der Waals surface area contributed by atoms with Crippen LogP contribution in [-0.4, -0.2) is 17.0 Å². The molecule has 0 aliphatic rings. The summed E-state index contributed by atoms with van der Waals surface area (Å²) in [4.78, 5) is 17.2. The maximum Gasteiger partial charge on any atom is 0.265 e. The van der Waals surface area contributed by atoms with Crippen LogP contribution in [0.25, 0.3) is 22.6 Å². The molecule has 1 aromatic heterocycles. The van der Waals surface area contributed by atoms with Gasteiger partial charge in [-0.2, -0.15) is 0 Å². The molecule has 0 aliphatic carbocycles. The first-order chi connectivity index (χ1) is 14.1. The van der Waals surface area contributed by atoms with Gasteiger partial charge in [0.25, 0.3) is 5.91 Å². The first-order valence-corrected chi connectivity index (χ1v) is 9.62. The number of benzene rings is 3. The van der Waals surface area contributed by atoms with Crippen LogP contribution < -0.4 is 10.1 Å². The first-order valence-electron chi connectivity index (χ1n) is 9.62. The van der Waals surface area contributed by atoms with Crippen molar-refractivity contribution in [3.63, 3.8) is 0 Å². The molecule has 1 heterocycles. The van der Waals surface area contributed by atoms with E-state index in [1.165, 1.54) is 0 Å². The Morgan fingerprint density at radius 1 is 1.07 bits per heavy atom. The summed E-state index contributed by atoms with van der Waals surface area (Å²) in [7, 11) is 0. The van der Waals surface area contributed by atoms with Gasteiger partial charge in [0.1, 0.15) is 11.3 Å². The fourth-order valence-corrected chi connectivity index (χ4v) is 3.11. The highest BCUT2D eigenvalue weighted by molar-refractivity contribution is 5.96. The van der Waals surface area contributed by atoms with E-state index >= 15 is 0 Å². The van der Waals surface area contributed by atoms with Gasteiger partial charge in [0.2, 0.25) is 5.89 Å². The summed E-state index contributed by atoms with van der Waals surface area (Å²) in [6.07, 6.45) is -0.0198. The summed E-state index contributed by atoms with van der Waals surface area (Å²) < 4.78 is 11.7. The Kier molecular flexibility index (Phi) is 5.29. The van der Waals surface area contributed by atoms with Gasteiger partial charge < -0.3 is 14.5 Å². The summed E-state index contributed by atoms with van der Waals surface area (Å²) in [5, 5.41) is 2.91. The minimum atomic E-state index is -0.578. The van der Waals surface area contributed by atoms with Crippen molar-refractivity contribution in [2.75, 3.05) is 5.32 Å². The zero-order valence-corrected chi connectivity index (χ0v) is 16.4. The van der Waals surface area contributed by atoms with Crippen molar-refractivity contribution in [1.82, 2.24) is 4.98 Å². The number of rotatable bonds is 6. The second kappa shape index (κ2) is 8.19. The van der Waals surface area contributed by atoms with Gasteiger partial charge in [-0.15, -0.1) is 0 Å². The van der Waals surface area contributed by atoms with Crippen LogP contribution in [0.1, 0.15) is 18.9 Å². The molecule has 4 rings (SSSR count). The molecule has 0 saturated heterocycles. The third-order valence-electron chi connectivity index (χ3n) is 4.61. The van der Waals surface area contributed by atoms with Gasteiger partial charge in [0.05, 0.1) is 0 Å². The van der Waals surface area contributed by atoms with Gasteiger partial charge in [-0.25, -0.2) is 4.98 Å². The lowest BCUT2D eigenvalue weighted by atomic mass is 10.1. The maximum absolute atomic E-state index is 12.7. The van der Waals surface area contributed by atoms with E-state index < -0.39 is 6.10 Å². The second-order valence-electron chi connectivity index (χ2n) is 6.89. The molecule has 1 atom stereocenters. The van der Waals surface area contributed by atoms with Crippen LogP contribution in [0.3, 0.4) is 0 Å². The molecule has 0 unspecified atom stereocenters. The summed E-state index contributed by atoms with van der Waals surface area (Å²) in [6, 6.07) is 22.8. The average molecular weight is 386 g/mol. The third kappa shape index (κ3) is 4.29. The lowest BCUT2D eigenvalue weighted by Gasteiger charge is -2.17. The molecule has 3 aromatic carbocycles. The van der Waals surface area contributed by atoms with Crippen LogP contribution >= 0.6 is 0 Å². The number of aryl methyl sites for hydroxylation is 1. The number of nitrogens with zero attached hydrogens (tertiary/aromatic N) is 1. The van der Waals surface area contributed by atoms with E-state index in [1.54, 1.807) is 6.07 Å². The Labute approximate surface area is 169 Å². The molecular formula is C24H22N2O3. The molecule has 0 saturated carbocycles. The number of fused-ring (bicyclic) bond motifs is 1. The predicted octanol–water partition coefficient (Wildman–Crippen LogP) is 5.60. The van der Waals surface area contributed by atoms with Gasteiger partial charge in [-0.3, -0.25) is 4.79 Å². The Balaban J connectivity index is 1.52. The Bertz CT molecular complexity index is 1140. The highest BCUT2D eigenvalue weighted by atomic mass is 16.5. The summed E-state index contributed by atoms with van der Waals surface area (Å²) >= 11 is 0. The standard InChI is InChI=1S/C24H22N2O3/c1-3-21(28-19-10-5-4-6-11-19)23(27)25-18-12-13-20-22(15-18)29-24(26-20)17-9-7-8-16(2)14-17/h4-15,21H,3H2,1-2H3,(H,25,27)/t21-/m0/s1. The van der Waals surface area contributed by atoms with Gasteiger partial charge >= 0.3 is 0 Å². The topological polar surface area (TPSA) is 64.4 Å². The van der Waals surface area contributed by atoms with Crippen molar-refractivity contribution < 1.29 is 13.9 Å². The molecule has 5 nitrogen and oxygen atoms in total. The van der Waals surface area contributed by atoms with Crippen LogP contribution in [0.4, 0.5) is 5.69 Å². The number of hydrogen-bond acceptors (Lipinski definition) is 4. The maximum atomic E-state index is 12.7. The Morgan fingerprint density at radius 2 is 1.90 bits per heavy atom. The van der Waals surface area contributed by atoms with Gasteiger partial charge in [0.15, 0.2) is 11.7 Å². The van der Waals surface area contributed by atoms with Crippen LogP contribution in [-0.2, 0) is 4.79 Å². The monoisotopic (exact) mass is 386 g/mol. The van der Waals surface area contributed by atoms with E-state index in [4.69, 9.17) is 9.15 Å². The van der Waals surface area contributed by atoms with Crippen molar-refractivity contribution in [2.24, 2.45) is 0 Å². The van der Waals surface area contributed by atoms with Crippen LogP contribution in [0.2, 0.25) is 0 Å². The van der Waals surface area contributed by atoms with E-state index in [0.29, 0.717) is 29.3 Å². The number of carbonyl (C=O) groups excluding carboxylic acids is 1. The molecule has 5 heteroatoms. The number of anilines is 1. The SMILES string of the molecule is CC[C@H](Oc1ccccc1)C(=O)Nc1ccc2nc(-c3cccc(C)c3)oc2c1. The summed E-state index contributed by atoms with van der Waals surface area (Å²) in [5.74, 6) is 1.03. The fraction of sp³-hybridized carbons (Fsp3) is 0.167. The number of ether oxygens (including phenoxy) is 1. The second-order valence-corrected chi connectivity index (χ2v) is 6.89. The molecule has 4 aromatic rings. The van der Waals surface area contributed by atoms with Crippen molar-refractivity contribution in [3.8, 4) is 17.2 Å². The number of oxazole rings is 1. The largest absolute Gasteiger partial charge is 0.481 e. The van der Waals surface area contributed by atoms with E-state index in [-0.39, 0.29) is 5.91 Å². The quantitative estimate of drug-likeness (QED) is 0.468. The molecule has 0 fully saturated rings. The molecule has 29 heavy (non-hydrogen) atoms. The van der Waals surface area contributed by atoms with E-state index in [1.807, 2.05) is 80.6 Å². The Hall–Kier alpha value is -3.60. The number of amides is 1. The van der Waals surface area contributed by atoms with Crippen molar-refractivity contribution >= 4 is 22.7 Å². The number of aromatic nitrogens is 1. The van der Waals surface area contributed by atoms with Gasteiger partial charge in [-0.05, 0) is 49.7 Å². The van der Waals surface area contributed by atoms with Crippen molar-refractivity contribution in [3.05, 3.63) is 78.4 Å². The normalized spacial score (nSPS) is 11.9. The van der Waals surface area contributed by atoms with Crippen molar-refractivity contribution in [1.29, 1.82) is 0 Å². The molecule has 0 spiro atoms. The molecule has 0 bridgehead atoms. The predicted molar refractivity (Wildman–Crippen MR) is 114 cm³/mol. The van der Waals surface area contributed by atoms with Crippen molar-refractivity contribution in [2.45, 2.75) is 26.4 Å². The van der Waals surface area contributed by atoms with E-state index in [9.17, 15) is 4.79 Å². The zero-order valence-electron chi connectivity index (χ0n) is 16.4. The number of para-hydroxylation sites is 1. The molecule has 0 aliphatic heterocycles. The molecule has 0 radical (unpaired) electrons. The zero-order chi connectivity index (χ0) is 20.2. The fourth-order valence-electron chi connectivity index (χ4n) is 3.11. The van der Waals surface area contributed by atoms with Gasteiger partial charge in [-0.1, -0.05) is 42.8 Å². The minimum absolute atomic E-state index is 0.200. The lowest BCUT2D eigenvalue weighted by molar-refractivity contribution is -0.122. The number of nitrogens with one attached hydrogen (secondary N) is 1. The number of carbonyl (C=O) groups is 1. The summed E-state index contributed by atoms with van der Waals surface area (Å²) in [5.41, 5.74) is 4.07. The average Bonchev–Trinajstić information content (AvgIpc) is 3.16. The molecule has 146 valence electrons. The molecular weight excluding hydrogens is 364 g/mol. The highest BCUT2D eigenvalue weighted by Gasteiger charge is 2.19. The first kappa shape index (κ1) is 18.7. The number of hydrogen-bond donors (Lipinski definition) is 1. The smallest absolute Gasteiger partial charge is 0.265 e. The van der Waals surface area contributed by atoms with Crippen LogP contribution in [0, 0.1) is 6.92 Å². The minimum Gasteiger partial charge on any atom is -0.481 e. The lowest BCUT2D eigenvalue weighted by Crippen LogP contribution is -2.32. The van der Waals surface area contributed by atoms with E-state index in [2.05, 4.69) is 10.3 Å². The van der Waals surface area contributed by atoms with Crippen LogP contribution in [0.5, 0.6) is 5.75 Å². The molecule has 1 N–H and O–H groups in total.